The molecule has 0 radical (unpaired) electrons. The quantitative estimate of drug-likeness (QED) is 0.620. The Balaban J connectivity index is 3.38. The smallest absolute Gasteiger partial charge is 0.216 e. The minimum absolute atomic E-state index is 0.0737. The average molecular weight is 245 g/mol. The third-order valence-corrected chi connectivity index (χ3v) is 2.98. The largest absolute Gasteiger partial charge is 0.356 e. The monoisotopic (exact) mass is 245 g/mol. The van der Waals surface area contributed by atoms with Crippen LogP contribution in [0.4, 0.5) is 0 Å². The number of amides is 1. The van der Waals surface area contributed by atoms with Gasteiger partial charge in [0.15, 0.2) is 0 Å². The molecule has 0 rings (SSSR count). The SMILES string of the molecule is CCC(=O)CSCC(=O)CCCNC(C)=O. The van der Waals surface area contributed by atoms with E-state index < -0.39 is 0 Å². The highest BCUT2D eigenvalue weighted by Crippen LogP contribution is 2.04. The minimum atomic E-state index is -0.0737. The zero-order valence-corrected chi connectivity index (χ0v) is 10.7. The predicted octanol–water partition coefficient (Wildman–Crippen LogP) is 1.18. The van der Waals surface area contributed by atoms with Gasteiger partial charge in [0.2, 0.25) is 5.91 Å². The molecule has 0 saturated carbocycles. The van der Waals surface area contributed by atoms with Crippen molar-refractivity contribution in [3.63, 3.8) is 0 Å². The molecular weight excluding hydrogens is 226 g/mol. The van der Waals surface area contributed by atoms with Crippen molar-refractivity contribution in [1.82, 2.24) is 5.32 Å². The summed E-state index contributed by atoms with van der Waals surface area (Å²) in [4.78, 5) is 32.8. The van der Waals surface area contributed by atoms with E-state index in [1.165, 1.54) is 18.7 Å². The molecule has 0 aromatic carbocycles. The van der Waals surface area contributed by atoms with Crippen molar-refractivity contribution in [1.29, 1.82) is 0 Å². The van der Waals surface area contributed by atoms with Gasteiger partial charge in [-0.25, -0.2) is 0 Å². The molecule has 92 valence electrons. The average Bonchev–Trinajstić information content (AvgIpc) is 2.24. The van der Waals surface area contributed by atoms with Gasteiger partial charge in [-0.2, -0.15) is 0 Å². The van der Waals surface area contributed by atoms with Crippen LogP contribution in [0.1, 0.15) is 33.1 Å². The van der Waals surface area contributed by atoms with E-state index in [9.17, 15) is 14.4 Å². The van der Waals surface area contributed by atoms with Crippen LogP contribution in [-0.4, -0.2) is 35.5 Å². The Kier molecular flexibility index (Phi) is 8.90. The summed E-state index contributed by atoms with van der Waals surface area (Å²) in [6.45, 7) is 3.81. The summed E-state index contributed by atoms with van der Waals surface area (Å²) in [7, 11) is 0. The van der Waals surface area contributed by atoms with E-state index in [0.29, 0.717) is 37.3 Å². The lowest BCUT2D eigenvalue weighted by Crippen LogP contribution is -2.21. The Labute approximate surface area is 101 Å². The molecule has 0 unspecified atom stereocenters. The van der Waals surface area contributed by atoms with E-state index in [0.717, 1.165) is 0 Å². The third-order valence-electron chi connectivity index (χ3n) is 1.93. The highest BCUT2D eigenvalue weighted by molar-refractivity contribution is 8.00. The zero-order chi connectivity index (χ0) is 12.4. The Morgan fingerprint density at radius 3 is 2.31 bits per heavy atom. The number of hydrogen-bond acceptors (Lipinski definition) is 4. The fourth-order valence-corrected chi connectivity index (χ4v) is 1.91. The van der Waals surface area contributed by atoms with Gasteiger partial charge in [0, 0.05) is 26.3 Å². The first-order valence-corrected chi connectivity index (χ1v) is 6.57. The van der Waals surface area contributed by atoms with E-state index in [1.807, 2.05) is 6.92 Å². The molecule has 0 aromatic rings. The van der Waals surface area contributed by atoms with Crippen molar-refractivity contribution in [3.8, 4) is 0 Å². The summed E-state index contributed by atoms with van der Waals surface area (Å²) in [6.07, 6.45) is 1.66. The maximum absolute atomic E-state index is 11.3. The molecule has 0 aliphatic rings. The third kappa shape index (κ3) is 9.71. The van der Waals surface area contributed by atoms with Crippen LogP contribution >= 0.6 is 11.8 Å². The maximum atomic E-state index is 11.3. The first-order valence-electron chi connectivity index (χ1n) is 5.41. The molecule has 0 heterocycles. The number of Topliss-reactive ketones (excluding diaryl/α,β-unsaturated/α-hetero) is 2. The fourth-order valence-electron chi connectivity index (χ4n) is 1.00. The predicted molar refractivity (Wildman–Crippen MR) is 65.5 cm³/mol. The fraction of sp³-hybridized carbons (Fsp3) is 0.727. The van der Waals surface area contributed by atoms with E-state index in [1.54, 1.807) is 0 Å². The van der Waals surface area contributed by atoms with Gasteiger partial charge in [0.05, 0.1) is 11.5 Å². The molecule has 0 saturated heterocycles. The topological polar surface area (TPSA) is 63.2 Å². The summed E-state index contributed by atoms with van der Waals surface area (Å²) in [5.41, 5.74) is 0. The van der Waals surface area contributed by atoms with Crippen molar-refractivity contribution in [2.45, 2.75) is 33.1 Å². The molecule has 0 spiro atoms. The lowest BCUT2D eigenvalue weighted by atomic mass is 10.2. The molecule has 16 heavy (non-hydrogen) atoms. The number of carbonyl (C=O) groups excluding carboxylic acids is 3. The van der Waals surface area contributed by atoms with Gasteiger partial charge in [-0.1, -0.05) is 6.92 Å². The van der Waals surface area contributed by atoms with Gasteiger partial charge in [0.1, 0.15) is 11.6 Å². The number of hydrogen-bond donors (Lipinski definition) is 1. The van der Waals surface area contributed by atoms with Crippen molar-refractivity contribution in [2.75, 3.05) is 18.1 Å². The molecule has 4 nitrogen and oxygen atoms in total. The van der Waals surface area contributed by atoms with Crippen LogP contribution in [0, 0.1) is 0 Å². The summed E-state index contributed by atoms with van der Waals surface area (Å²) in [5, 5.41) is 2.63. The normalized spacial score (nSPS) is 9.88. The molecule has 0 aliphatic carbocycles. The van der Waals surface area contributed by atoms with Crippen LogP contribution in [0.15, 0.2) is 0 Å². The summed E-state index contributed by atoms with van der Waals surface area (Å²) < 4.78 is 0. The van der Waals surface area contributed by atoms with Crippen LogP contribution in [0.3, 0.4) is 0 Å². The molecule has 5 heteroatoms. The van der Waals surface area contributed by atoms with Crippen molar-refractivity contribution in [3.05, 3.63) is 0 Å². The second-order valence-corrected chi connectivity index (χ2v) is 4.50. The molecule has 0 bridgehead atoms. The van der Waals surface area contributed by atoms with E-state index >= 15 is 0 Å². The maximum Gasteiger partial charge on any atom is 0.216 e. The van der Waals surface area contributed by atoms with Gasteiger partial charge in [-0.05, 0) is 6.42 Å². The minimum Gasteiger partial charge on any atom is -0.356 e. The molecule has 1 amide bonds. The molecule has 0 aliphatic heterocycles. The highest BCUT2D eigenvalue weighted by atomic mass is 32.2. The van der Waals surface area contributed by atoms with Crippen LogP contribution in [0.5, 0.6) is 0 Å². The van der Waals surface area contributed by atoms with Gasteiger partial charge in [-0.3, -0.25) is 14.4 Å². The number of carbonyl (C=O) groups is 3. The van der Waals surface area contributed by atoms with E-state index in [4.69, 9.17) is 0 Å². The van der Waals surface area contributed by atoms with Crippen molar-refractivity contribution >= 4 is 29.2 Å². The number of thioether (sulfide) groups is 1. The van der Waals surface area contributed by atoms with Crippen LogP contribution in [-0.2, 0) is 14.4 Å². The van der Waals surface area contributed by atoms with Crippen LogP contribution in [0.25, 0.3) is 0 Å². The zero-order valence-electron chi connectivity index (χ0n) is 9.88. The van der Waals surface area contributed by atoms with Crippen LogP contribution in [0.2, 0.25) is 0 Å². The van der Waals surface area contributed by atoms with Crippen molar-refractivity contribution < 1.29 is 14.4 Å². The van der Waals surface area contributed by atoms with Gasteiger partial charge in [-0.15, -0.1) is 11.8 Å². The second-order valence-electron chi connectivity index (χ2n) is 3.51. The standard InChI is InChI=1S/C11H19NO3S/c1-3-10(14)7-16-8-11(15)5-4-6-12-9(2)13/h3-8H2,1-2H3,(H,12,13). The Bertz CT molecular complexity index is 254. The summed E-state index contributed by atoms with van der Waals surface area (Å²) >= 11 is 1.37. The Morgan fingerprint density at radius 1 is 1.12 bits per heavy atom. The van der Waals surface area contributed by atoms with E-state index in [-0.39, 0.29) is 17.5 Å². The van der Waals surface area contributed by atoms with Crippen LogP contribution < -0.4 is 5.32 Å². The van der Waals surface area contributed by atoms with E-state index in [2.05, 4.69) is 5.32 Å². The molecule has 1 N–H and O–H groups in total. The van der Waals surface area contributed by atoms with Gasteiger partial charge >= 0.3 is 0 Å². The number of nitrogens with one attached hydrogen (secondary N) is 1. The first kappa shape index (κ1) is 15.2. The second kappa shape index (κ2) is 9.39. The molecule has 0 fully saturated rings. The molecular formula is C11H19NO3S. The molecule has 0 atom stereocenters. The summed E-state index contributed by atoms with van der Waals surface area (Å²) in [6, 6.07) is 0. The van der Waals surface area contributed by atoms with Gasteiger partial charge < -0.3 is 5.32 Å². The first-order chi connectivity index (χ1) is 7.56. The summed E-state index contributed by atoms with van der Waals surface area (Å²) in [5.74, 6) is 1.06. The lowest BCUT2D eigenvalue weighted by molar-refractivity contribution is -0.120. The number of ketones is 2. The molecule has 0 aromatic heterocycles. The lowest BCUT2D eigenvalue weighted by Gasteiger charge is -2.02. The number of rotatable bonds is 9. The Morgan fingerprint density at radius 2 is 1.75 bits per heavy atom. The highest BCUT2D eigenvalue weighted by Gasteiger charge is 2.04. The Hall–Kier alpha value is -0.840. The van der Waals surface area contributed by atoms with Crippen molar-refractivity contribution in [2.24, 2.45) is 0 Å². The van der Waals surface area contributed by atoms with Gasteiger partial charge in [0.25, 0.3) is 0 Å².